The van der Waals surface area contributed by atoms with Crippen molar-refractivity contribution >= 4 is 23.7 Å². The van der Waals surface area contributed by atoms with Gasteiger partial charge in [0, 0.05) is 12.6 Å². The van der Waals surface area contributed by atoms with Crippen LogP contribution >= 0.6 is 0 Å². The van der Waals surface area contributed by atoms with E-state index in [1.54, 1.807) is 78.9 Å². The molecular weight excluding hydrogens is 630 g/mol. The van der Waals surface area contributed by atoms with Gasteiger partial charge in [-0.2, -0.15) is 0 Å². The van der Waals surface area contributed by atoms with Gasteiger partial charge in [0.1, 0.15) is 18.5 Å². The van der Waals surface area contributed by atoms with Crippen LogP contribution in [-0.2, 0) is 25.5 Å². The van der Waals surface area contributed by atoms with Crippen molar-refractivity contribution in [2.45, 2.75) is 31.1 Å². The number of rotatable bonds is 11. The number of aromatic amines is 1. The summed E-state index contributed by atoms with van der Waals surface area (Å²) in [5, 5.41) is 3.09. The van der Waals surface area contributed by atoms with Crippen LogP contribution in [0.2, 0.25) is 0 Å². The summed E-state index contributed by atoms with van der Waals surface area (Å²) in [6.45, 7) is -0.226. The molecule has 0 amide bonds. The van der Waals surface area contributed by atoms with Crippen molar-refractivity contribution in [3.05, 3.63) is 170 Å². The number of hydrogen-bond donors (Lipinski definition) is 2. The minimum absolute atomic E-state index is 0.0402. The van der Waals surface area contributed by atoms with Gasteiger partial charge in [0.15, 0.2) is 18.4 Å². The van der Waals surface area contributed by atoms with Crippen molar-refractivity contribution in [2.24, 2.45) is 0 Å². The molecule has 1 saturated heterocycles. The monoisotopic (exact) mass is 661 g/mol. The number of esters is 3. The number of carbonyl (C=O) groups excluding carboxylic acids is 3. The minimum Gasteiger partial charge on any atom is -0.459 e. The molecule has 2 N–H and O–H groups in total. The lowest BCUT2D eigenvalue weighted by molar-refractivity contribution is -0.0631. The van der Waals surface area contributed by atoms with Gasteiger partial charge in [-0.25, -0.2) is 23.7 Å². The molecule has 6 rings (SSSR count). The van der Waals surface area contributed by atoms with Gasteiger partial charge in [0.2, 0.25) is 0 Å². The van der Waals surface area contributed by atoms with Crippen LogP contribution in [0.25, 0.3) is 0 Å². The van der Waals surface area contributed by atoms with Gasteiger partial charge in [-0.05, 0) is 42.0 Å². The van der Waals surface area contributed by atoms with E-state index in [2.05, 4.69) is 10.3 Å². The number of H-pyrrole nitrogens is 1. The van der Waals surface area contributed by atoms with Gasteiger partial charge < -0.3 is 24.3 Å². The van der Waals surface area contributed by atoms with E-state index in [4.69, 9.17) is 18.9 Å². The molecule has 5 aromatic rings. The highest BCUT2D eigenvalue weighted by Gasteiger charge is 2.52. The smallest absolute Gasteiger partial charge is 0.338 e. The Bertz CT molecular complexity index is 2020. The molecular formula is C37H31N3O9. The predicted molar refractivity (Wildman–Crippen MR) is 177 cm³/mol. The topological polar surface area (TPSA) is 155 Å². The Morgan fingerprint density at radius 1 is 0.673 bits per heavy atom. The van der Waals surface area contributed by atoms with E-state index in [1.807, 2.05) is 30.3 Å². The van der Waals surface area contributed by atoms with Gasteiger partial charge in [-0.3, -0.25) is 9.78 Å². The highest BCUT2D eigenvalue weighted by Crippen LogP contribution is 2.36. The largest absolute Gasteiger partial charge is 0.459 e. The molecule has 4 aromatic carbocycles. The van der Waals surface area contributed by atoms with Crippen LogP contribution in [0.1, 0.15) is 42.9 Å². The number of aromatic nitrogens is 2. The minimum atomic E-state index is -1.46. The zero-order valence-electron chi connectivity index (χ0n) is 26.0. The first-order chi connectivity index (χ1) is 23.9. The number of carbonyl (C=O) groups is 3. The lowest BCUT2D eigenvalue weighted by Crippen LogP contribution is -2.43. The van der Waals surface area contributed by atoms with Gasteiger partial charge >= 0.3 is 23.6 Å². The SMILES string of the molecule is O=C(OC[C@H]1O[C@@H](n2c(NCc3ccccc3)cc(=O)[nH]c2=O)[C@H](OC(=O)c2ccccc2)[C@@H]1OC(=O)c1ccccc1)c1ccccc1. The van der Waals surface area contributed by atoms with E-state index < -0.39 is 60.3 Å². The van der Waals surface area contributed by atoms with Crippen molar-refractivity contribution in [1.82, 2.24) is 9.55 Å². The van der Waals surface area contributed by atoms with Crippen molar-refractivity contribution in [3.63, 3.8) is 0 Å². The zero-order valence-corrected chi connectivity index (χ0v) is 26.0. The molecule has 0 bridgehead atoms. The molecule has 0 unspecified atom stereocenters. The van der Waals surface area contributed by atoms with Crippen molar-refractivity contribution < 1.29 is 33.3 Å². The molecule has 0 spiro atoms. The summed E-state index contributed by atoms with van der Waals surface area (Å²) in [5.74, 6) is -2.20. The van der Waals surface area contributed by atoms with E-state index in [9.17, 15) is 24.0 Å². The van der Waals surface area contributed by atoms with Gasteiger partial charge in [0.25, 0.3) is 5.56 Å². The van der Waals surface area contributed by atoms with E-state index in [0.717, 1.165) is 16.2 Å². The Hall–Kier alpha value is -6.27. The van der Waals surface area contributed by atoms with Crippen LogP contribution in [0.3, 0.4) is 0 Å². The summed E-state index contributed by atoms with van der Waals surface area (Å²) in [7, 11) is 0. The predicted octanol–water partition coefficient (Wildman–Crippen LogP) is 4.35. The summed E-state index contributed by atoms with van der Waals surface area (Å²) in [4.78, 5) is 68.1. The fraction of sp³-hybridized carbons (Fsp3) is 0.162. The summed E-state index contributed by atoms with van der Waals surface area (Å²) in [5.41, 5.74) is -0.0697. The molecule has 49 heavy (non-hydrogen) atoms. The molecule has 1 fully saturated rings. The average Bonchev–Trinajstić information content (AvgIpc) is 3.46. The Kier molecular flexibility index (Phi) is 10.1. The third kappa shape index (κ3) is 7.83. The van der Waals surface area contributed by atoms with Crippen molar-refractivity contribution in [3.8, 4) is 0 Å². The van der Waals surface area contributed by atoms with E-state index in [1.165, 1.54) is 12.1 Å². The van der Waals surface area contributed by atoms with Crippen molar-refractivity contribution in [1.29, 1.82) is 0 Å². The van der Waals surface area contributed by atoms with Crippen molar-refractivity contribution in [2.75, 3.05) is 11.9 Å². The fourth-order valence-electron chi connectivity index (χ4n) is 5.35. The van der Waals surface area contributed by atoms with Crippen LogP contribution in [0.4, 0.5) is 5.82 Å². The molecule has 0 radical (unpaired) electrons. The maximum absolute atomic E-state index is 13.5. The molecule has 12 heteroatoms. The lowest BCUT2D eigenvalue weighted by Gasteiger charge is -2.26. The second kappa shape index (κ2) is 15.1. The highest BCUT2D eigenvalue weighted by atomic mass is 16.7. The second-order valence-corrected chi connectivity index (χ2v) is 11.0. The standard InChI is InChI=1S/C37H31N3O9/c41-30-21-29(38-22-24-13-5-1-6-14-24)40(37(45)39-30)33-32(49-36(44)27-19-11-4-12-20-27)31(48-35(43)26-17-9-3-10-18-26)28(47-33)23-46-34(42)25-15-7-2-8-16-25/h1-21,28,31-33,38H,22-23H2,(H,39,41,45)/t28-,31-,32-,33-/m1/s1. The maximum atomic E-state index is 13.5. The Morgan fingerprint density at radius 2 is 1.16 bits per heavy atom. The highest BCUT2D eigenvalue weighted by molar-refractivity contribution is 5.91. The van der Waals surface area contributed by atoms with Crippen LogP contribution < -0.4 is 16.6 Å². The number of ether oxygens (including phenoxy) is 4. The molecule has 0 saturated carbocycles. The normalized spacial score (nSPS) is 18.3. The van der Waals surface area contributed by atoms with Gasteiger partial charge in [-0.1, -0.05) is 84.9 Å². The summed E-state index contributed by atoms with van der Waals surface area (Å²) in [6, 6.07) is 34.9. The fourth-order valence-corrected chi connectivity index (χ4v) is 5.35. The average molecular weight is 662 g/mol. The van der Waals surface area contributed by atoms with E-state index in [0.29, 0.717) is 0 Å². The Labute approximate surface area is 279 Å². The molecule has 1 aromatic heterocycles. The third-order valence-corrected chi connectivity index (χ3v) is 7.73. The second-order valence-electron chi connectivity index (χ2n) is 11.0. The molecule has 1 aliphatic rings. The Morgan fingerprint density at radius 3 is 1.71 bits per heavy atom. The third-order valence-electron chi connectivity index (χ3n) is 7.73. The summed E-state index contributed by atoms with van der Waals surface area (Å²) < 4.78 is 24.9. The van der Waals surface area contributed by atoms with Crippen LogP contribution in [0.5, 0.6) is 0 Å². The van der Waals surface area contributed by atoms with E-state index >= 15 is 0 Å². The molecule has 2 heterocycles. The first-order valence-electron chi connectivity index (χ1n) is 15.4. The molecule has 12 nitrogen and oxygen atoms in total. The zero-order chi connectivity index (χ0) is 34.2. The van der Waals surface area contributed by atoms with Gasteiger partial charge in [0.05, 0.1) is 16.7 Å². The first-order valence-corrected chi connectivity index (χ1v) is 15.4. The quantitative estimate of drug-likeness (QED) is 0.154. The summed E-state index contributed by atoms with van der Waals surface area (Å²) >= 11 is 0. The van der Waals surface area contributed by atoms with E-state index in [-0.39, 0.29) is 29.1 Å². The van der Waals surface area contributed by atoms with Crippen LogP contribution in [0.15, 0.2) is 137 Å². The number of benzene rings is 4. The molecule has 248 valence electrons. The van der Waals surface area contributed by atoms with Crippen LogP contribution in [-0.4, -0.2) is 52.4 Å². The summed E-state index contributed by atoms with van der Waals surface area (Å²) in [6.07, 6.45) is -5.51. The van der Waals surface area contributed by atoms with Crippen LogP contribution in [0, 0.1) is 0 Å². The number of anilines is 1. The molecule has 4 atom stereocenters. The molecule has 1 aliphatic heterocycles. The molecule has 0 aliphatic carbocycles. The number of nitrogens with one attached hydrogen (secondary N) is 2. The lowest BCUT2D eigenvalue weighted by atomic mass is 10.1. The maximum Gasteiger partial charge on any atom is 0.338 e. The number of hydrogen-bond acceptors (Lipinski definition) is 10. The first kappa shape index (κ1) is 32.7. The Balaban J connectivity index is 1.40. The number of nitrogens with zero attached hydrogens (tertiary/aromatic N) is 1. The van der Waals surface area contributed by atoms with Gasteiger partial charge in [-0.15, -0.1) is 0 Å².